The van der Waals surface area contributed by atoms with E-state index in [0.717, 1.165) is 28.6 Å². The van der Waals surface area contributed by atoms with Crippen molar-refractivity contribution in [3.05, 3.63) is 67.7 Å². The number of nitrogens with one attached hydrogen (secondary N) is 1. The molecule has 0 unspecified atom stereocenters. The molecule has 3 rings (SSSR count). The molecule has 0 saturated carbocycles. The fourth-order valence-electron chi connectivity index (χ4n) is 2.40. The second-order valence-electron chi connectivity index (χ2n) is 5.16. The van der Waals surface area contributed by atoms with E-state index in [9.17, 15) is 4.79 Å². The molecule has 0 aliphatic rings. The summed E-state index contributed by atoms with van der Waals surface area (Å²) in [6.07, 6.45) is 0. The van der Waals surface area contributed by atoms with E-state index in [0.29, 0.717) is 12.1 Å². The van der Waals surface area contributed by atoms with E-state index in [4.69, 9.17) is 4.42 Å². The zero-order valence-electron chi connectivity index (χ0n) is 12.1. The molecular formula is C17H17NO2S. The van der Waals surface area contributed by atoms with Crippen LogP contribution in [0.4, 0.5) is 0 Å². The molecule has 0 spiro atoms. The van der Waals surface area contributed by atoms with Gasteiger partial charge in [0.05, 0.1) is 0 Å². The largest absolute Gasteiger partial charge is 0.422 e. The molecule has 0 amide bonds. The first-order chi connectivity index (χ1) is 10.1. The fourth-order valence-corrected chi connectivity index (χ4v) is 3.08. The van der Waals surface area contributed by atoms with Gasteiger partial charge in [0.1, 0.15) is 5.58 Å². The van der Waals surface area contributed by atoms with Crippen LogP contribution in [0.25, 0.3) is 11.0 Å². The summed E-state index contributed by atoms with van der Waals surface area (Å²) in [6, 6.07) is 9.82. The average molecular weight is 299 g/mol. The molecule has 0 saturated heterocycles. The molecule has 2 aromatic heterocycles. The van der Waals surface area contributed by atoms with Crippen LogP contribution in [0.5, 0.6) is 0 Å². The van der Waals surface area contributed by atoms with Crippen LogP contribution < -0.4 is 10.9 Å². The van der Waals surface area contributed by atoms with Crippen LogP contribution in [-0.2, 0) is 13.1 Å². The van der Waals surface area contributed by atoms with Crippen LogP contribution in [0.2, 0.25) is 0 Å². The van der Waals surface area contributed by atoms with Crippen molar-refractivity contribution < 1.29 is 4.42 Å². The van der Waals surface area contributed by atoms with E-state index in [1.807, 2.05) is 26.0 Å². The Morgan fingerprint density at radius 1 is 1.19 bits per heavy atom. The summed E-state index contributed by atoms with van der Waals surface area (Å²) < 4.78 is 5.38. The predicted molar refractivity (Wildman–Crippen MR) is 86.8 cm³/mol. The lowest BCUT2D eigenvalue weighted by molar-refractivity contribution is 0.554. The van der Waals surface area contributed by atoms with E-state index in [2.05, 4.69) is 22.8 Å². The fraction of sp³-hybridized carbons (Fsp3) is 0.235. The summed E-state index contributed by atoms with van der Waals surface area (Å²) in [5.74, 6) is 0. The maximum Gasteiger partial charge on any atom is 0.336 e. The summed E-state index contributed by atoms with van der Waals surface area (Å²) in [5.41, 5.74) is 3.57. The van der Waals surface area contributed by atoms with Crippen molar-refractivity contribution in [2.24, 2.45) is 0 Å². The maximum atomic E-state index is 11.8. The highest BCUT2D eigenvalue weighted by atomic mass is 32.1. The Balaban J connectivity index is 1.91. The quantitative estimate of drug-likeness (QED) is 0.746. The number of rotatable bonds is 4. The Hall–Kier alpha value is -1.91. The van der Waals surface area contributed by atoms with Gasteiger partial charge in [0.25, 0.3) is 0 Å². The van der Waals surface area contributed by atoms with E-state index in [1.165, 1.54) is 4.88 Å². The molecule has 0 bridgehead atoms. The highest BCUT2D eigenvalue weighted by Gasteiger charge is 2.09. The van der Waals surface area contributed by atoms with E-state index in [-0.39, 0.29) is 5.63 Å². The molecule has 1 N–H and O–H groups in total. The number of hydrogen-bond donors (Lipinski definition) is 1. The Bertz CT molecular complexity index is 819. The Kier molecular flexibility index (Phi) is 3.90. The van der Waals surface area contributed by atoms with Crippen molar-refractivity contribution in [3.63, 3.8) is 0 Å². The van der Waals surface area contributed by atoms with E-state index >= 15 is 0 Å². The molecule has 2 heterocycles. The van der Waals surface area contributed by atoms with Crippen molar-refractivity contribution in [3.8, 4) is 0 Å². The zero-order chi connectivity index (χ0) is 14.8. The molecule has 21 heavy (non-hydrogen) atoms. The molecule has 0 atom stereocenters. The lowest BCUT2D eigenvalue weighted by Crippen LogP contribution is -2.14. The third kappa shape index (κ3) is 2.91. The van der Waals surface area contributed by atoms with Crippen molar-refractivity contribution >= 4 is 22.3 Å². The highest BCUT2D eigenvalue weighted by Crippen LogP contribution is 2.23. The Morgan fingerprint density at radius 3 is 2.81 bits per heavy atom. The minimum atomic E-state index is -0.288. The molecule has 0 aliphatic carbocycles. The van der Waals surface area contributed by atoms with Gasteiger partial charge in [-0.05, 0) is 42.0 Å². The van der Waals surface area contributed by atoms with Gasteiger partial charge in [-0.2, -0.15) is 0 Å². The van der Waals surface area contributed by atoms with Gasteiger partial charge < -0.3 is 9.73 Å². The first-order valence-corrected chi connectivity index (χ1v) is 7.79. The lowest BCUT2D eigenvalue weighted by atomic mass is 10.0. The Labute approximate surface area is 127 Å². The van der Waals surface area contributed by atoms with E-state index in [1.54, 1.807) is 17.4 Å². The van der Waals surface area contributed by atoms with Crippen molar-refractivity contribution in [2.75, 3.05) is 0 Å². The normalized spacial score (nSPS) is 11.1. The average Bonchev–Trinajstić information content (AvgIpc) is 2.96. The third-order valence-corrected chi connectivity index (χ3v) is 4.59. The van der Waals surface area contributed by atoms with Crippen LogP contribution in [-0.4, -0.2) is 0 Å². The molecule has 0 fully saturated rings. The summed E-state index contributed by atoms with van der Waals surface area (Å²) in [4.78, 5) is 13.1. The lowest BCUT2D eigenvalue weighted by Gasteiger charge is -2.09. The number of aryl methyl sites for hydroxylation is 2. The van der Waals surface area contributed by atoms with Crippen LogP contribution in [0.3, 0.4) is 0 Å². The number of thiophene rings is 1. The number of fused-ring (bicyclic) bond motifs is 1. The van der Waals surface area contributed by atoms with Crippen LogP contribution >= 0.6 is 11.3 Å². The van der Waals surface area contributed by atoms with Gasteiger partial charge in [-0.25, -0.2) is 4.79 Å². The predicted octanol–water partition coefficient (Wildman–Crippen LogP) is 3.76. The third-order valence-electron chi connectivity index (χ3n) is 3.71. The SMILES string of the molecule is Cc1ccc2c(CNCc3cccs3)cc(=O)oc2c1C. The molecular weight excluding hydrogens is 282 g/mol. The van der Waals surface area contributed by atoms with Crippen LogP contribution in [0, 0.1) is 13.8 Å². The van der Waals surface area contributed by atoms with Gasteiger partial charge in [0, 0.05) is 29.4 Å². The Morgan fingerprint density at radius 2 is 2.05 bits per heavy atom. The van der Waals surface area contributed by atoms with Gasteiger partial charge >= 0.3 is 5.63 Å². The first kappa shape index (κ1) is 14.0. The van der Waals surface area contributed by atoms with E-state index < -0.39 is 0 Å². The van der Waals surface area contributed by atoms with Gasteiger partial charge in [0.2, 0.25) is 0 Å². The molecule has 3 aromatic rings. The van der Waals surface area contributed by atoms with Gasteiger partial charge in [-0.15, -0.1) is 11.3 Å². The monoisotopic (exact) mass is 299 g/mol. The summed E-state index contributed by atoms with van der Waals surface area (Å²) >= 11 is 1.73. The summed E-state index contributed by atoms with van der Waals surface area (Å²) in [6.45, 7) is 5.48. The summed E-state index contributed by atoms with van der Waals surface area (Å²) in [7, 11) is 0. The molecule has 0 radical (unpaired) electrons. The minimum absolute atomic E-state index is 0.288. The molecule has 1 aromatic carbocycles. The van der Waals surface area contributed by atoms with Gasteiger partial charge in [0.15, 0.2) is 0 Å². The van der Waals surface area contributed by atoms with Crippen molar-refractivity contribution in [1.29, 1.82) is 0 Å². The van der Waals surface area contributed by atoms with Crippen molar-refractivity contribution in [2.45, 2.75) is 26.9 Å². The van der Waals surface area contributed by atoms with Crippen molar-refractivity contribution in [1.82, 2.24) is 5.32 Å². The molecule has 4 heteroatoms. The van der Waals surface area contributed by atoms with Gasteiger partial charge in [-0.1, -0.05) is 18.2 Å². The standard InChI is InChI=1S/C17H17NO2S/c1-11-5-6-15-13(8-16(19)20-17(15)12(11)2)9-18-10-14-4-3-7-21-14/h3-8,18H,9-10H2,1-2H3. The zero-order valence-corrected chi connectivity index (χ0v) is 12.9. The topological polar surface area (TPSA) is 42.2 Å². The molecule has 3 nitrogen and oxygen atoms in total. The highest BCUT2D eigenvalue weighted by molar-refractivity contribution is 7.09. The smallest absolute Gasteiger partial charge is 0.336 e. The summed E-state index contributed by atoms with van der Waals surface area (Å²) in [5, 5.41) is 6.46. The van der Waals surface area contributed by atoms with Gasteiger partial charge in [-0.3, -0.25) is 0 Å². The minimum Gasteiger partial charge on any atom is -0.422 e. The molecule has 108 valence electrons. The first-order valence-electron chi connectivity index (χ1n) is 6.91. The number of hydrogen-bond acceptors (Lipinski definition) is 4. The number of benzene rings is 1. The van der Waals surface area contributed by atoms with Crippen LogP contribution in [0.15, 0.2) is 44.9 Å². The van der Waals surface area contributed by atoms with Crippen LogP contribution in [0.1, 0.15) is 21.6 Å². The molecule has 0 aliphatic heterocycles. The second kappa shape index (κ2) is 5.84. The maximum absolute atomic E-state index is 11.8. The second-order valence-corrected chi connectivity index (χ2v) is 6.19.